The Hall–Kier alpha value is -2.18. The van der Waals surface area contributed by atoms with Gasteiger partial charge < -0.3 is 16.3 Å². The highest BCUT2D eigenvalue weighted by Gasteiger charge is 2.40. The number of oxime groups is 1. The summed E-state index contributed by atoms with van der Waals surface area (Å²) in [4.78, 5) is 19.9. The fraction of sp³-hybridized carbons (Fsp3) is 0.538. The zero-order valence-corrected chi connectivity index (χ0v) is 11.4. The Kier molecular flexibility index (Phi) is 4.16. The van der Waals surface area contributed by atoms with Gasteiger partial charge in [-0.2, -0.15) is 0 Å². The topological polar surface area (TPSA) is 113 Å². The molecule has 1 amide bonds. The first-order valence-electron chi connectivity index (χ1n) is 6.63. The first-order chi connectivity index (χ1) is 9.57. The summed E-state index contributed by atoms with van der Waals surface area (Å²) in [5, 5.41) is 15.0. The van der Waals surface area contributed by atoms with Crippen molar-refractivity contribution in [2.75, 3.05) is 0 Å². The maximum Gasteiger partial charge on any atom is 0.255 e. The van der Waals surface area contributed by atoms with E-state index < -0.39 is 5.54 Å². The molecule has 0 unspecified atom stereocenters. The van der Waals surface area contributed by atoms with Crippen LogP contribution in [-0.4, -0.2) is 32.5 Å². The second-order valence-electron chi connectivity index (χ2n) is 5.33. The molecule has 7 heteroatoms. The average molecular weight is 277 g/mol. The van der Waals surface area contributed by atoms with Gasteiger partial charge in [0.2, 0.25) is 0 Å². The molecule has 2 rings (SSSR count). The molecular formula is C13H19N5O2. The van der Waals surface area contributed by atoms with Crippen molar-refractivity contribution in [3.05, 3.63) is 24.3 Å². The summed E-state index contributed by atoms with van der Waals surface area (Å²) in [6, 6.07) is 0. The second-order valence-corrected chi connectivity index (χ2v) is 5.33. The molecule has 0 spiro atoms. The lowest BCUT2D eigenvalue weighted by atomic mass is 9.76. The summed E-state index contributed by atoms with van der Waals surface area (Å²) < 4.78 is 0. The minimum atomic E-state index is -0.784. The van der Waals surface area contributed by atoms with Gasteiger partial charge in [-0.15, -0.1) is 0 Å². The summed E-state index contributed by atoms with van der Waals surface area (Å²) >= 11 is 0. The van der Waals surface area contributed by atoms with Crippen LogP contribution in [-0.2, 0) is 0 Å². The Morgan fingerprint density at radius 1 is 1.45 bits per heavy atom. The van der Waals surface area contributed by atoms with E-state index in [2.05, 4.69) is 27.4 Å². The smallest absolute Gasteiger partial charge is 0.255 e. The molecule has 0 aromatic carbocycles. The molecule has 0 atom stereocenters. The Labute approximate surface area is 117 Å². The van der Waals surface area contributed by atoms with E-state index in [4.69, 9.17) is 10.9 Å². The Balaban J connectivity index is 2.19. The lowest BCUT2D eigenvalue weighted by Gasteiger charge is -2.38. The monoisotopic (exact) mass is 277 g/mol. The molecule has 1 aromatic rings. The van der Waals surface area contributed by atoms with Gasteiger partial charge in [-0.1, -0.05) is 12.1 Å². The normalized spacial score (nSPS) is 27.1. The minimum Gasteiger partial charge on any atom is -0.409 e. The number of rotatable bonds is 3. The summed E-state index contributed by atoms with van der Waals surface area (Å²) in [7, 11) is 0. The van der Waals surface area contributed by atoms with Crippen molar-refractivity contribution < 1.29 is 10.0 Å². The number of hydrogen-bond acceptors (Lipinski definition) is 5. The third kappa shape index (κ3) is 2.87. The van der Waals surface area contributed by atoms with Crippen LogP contribution in [0.2, 0.25) is 0 Å². The van der Waals surface area contributed by atoms with Gasteiger partial charge in [-0.3, -0.25) is 4.79 Å². The highest BCUT2D eigenvalue weighted by molar-refractivity contribution is 6.00. The summed E-state index contributed by atoms with van der Waals surface area (Å²) in [5.74, 6) is 0.313. The van der Waals surface area contributed by atoms with Crippen LogP contribution in [0.25, 0.3) is 0 Å². The molecule has 108 valence electrons. The van der Waals surface area contributed by atoms with Crippen molar-refractivity contribution in [1.29, 1.82) is 0 Å². The molecule has 1 aliphatic rings. The third-order valence-corrected chi connectivity index (χ3v) is 3.90. The maximum atomic E-state index is 12.2. The van der Waals surface area contributed by atoms with Gasteiger partial charge in [0, 0.05) is 12.4 Å². The molecule has 1 saturated carbocycles. The Morgan fingerprint density at radius 2 is 2.05 bits per heavy atom. The lowest BCUT2D eigenvalue weighted by molar-refractivity contribution is 0.0896. The van der Waals surface area contributed by atoms with Gasteiger partial charge in [0.15, 0.2) is 5.84 Å². The average Bonchev–Trinajstić information content (AvgIpc) is 2.49. The van der Waals surface area contributed by atoms with Crippen LogP contribution in [0.3, 0.4) is 0 Å². The van der Waals surface area contributed by atoms with Crippen LogP contribution < -0.4 is 11.1 Å². The van der Waals surface area contributed by atoms with Crippen molar-refractivity contribution >= 4 is 11.7 Å². The minimum absolute atomic E-state index is 0.0506. The molecule has 7 nitrogen and oxygen atoms in total. The van der Waals surface area contributed by atoms with E-state index in [9.17, 15) is 4.79 Å². The molecule has 1 aromatic heterocycles. The molecule has 1 fully saturated rings. The number of nitrogens with two attached hydrogens (primary N) is 1. The van der Waals surface area contributed by atoms with Crippen LogP contribution in [0.4, 0.5) is 0 Å². The SMILES string of the molecule is CC1CCC(NC(=O)c2cncnc2)(C(N)=NO)CC1. The quantitative estimate of drug-likeness (QED) is 0.329. The van der Waals surface area contributed by atoms with Crippen molar-refractivity contribution in [3.63, 3.8) is 0 Å². The summed E-state index contributed by atoms with van der Waals surface area (Å²) in [6.45, 7) is 2.16. The maximum absolute atomic E-state index is 12.2. The van der Waals surface area contributed by atoms with Gasteiger partial charge in [0.05, 0.1) is 5.56 Å². The number of aromatic nitrogens is 2. The van der Waals surface area contributed by atoms with E-state index in [1.807, 2.05) is 0 Å². The number of nitrogens with zero attached hydrogens (tertiary/aromatic N) is 3. The largest absolute Gasteiger partial charge is 0.409 e. The van der Waals surface area contributed by atoms with E-state index in [1.54, 1.807) is 0 Å². The van der Waals surface area contributed by atoms with E-state index in [1.165, 1.54) is 18.7 Å². The Morgan fingerprint density at radius 3 is 2.60 bits per heavy atom. The second kappa shape index (κ2) is 5.85. The predicted molar refractivity (Wildman–Crippen MR) is 73.3 cm³/mol. The van der Waals surface area contributed by atoms with Crippen molar-refractivity contribution in [1.82, 2.24) is 15.3 Å². The number of carbonyl (C=O) groups excluding carboxylic acids is 1. The molecule has 4 N–H and O–H groups in total. The molecule has 0 radical (unpaired) electrons. The molecule has 1 aliphatic carbocycles. The number of amides is 1. The lowest BCUT2D eigenvalue weighted by Crippen LogP contribution is -2.59. The summed E-state index contributed by atoms with van der Waals surface area (Å²) in [5.41, 5.74) is 5.38. The molecule has 1 heterocycles. The molecule has 0 aliphatic heterocycles. The number of nitrogens with one attached hydrogen (secondary N) is 1. The standard InChI is InChI=1S/C13H19N5O2/c1-9-2-4-13(5-3-9,12(14)18-20)17-11(19)10-6-15-8-16-7-10/h6-9,20H,2-5H2,1H3,(H2,14,18)(H,17,19). The number of hydrogen-bond donors (Lipinski definition) is 3. The number of carbonyl (C=O) groups is 1. The fourth-order valence-corrected chi connectivity index (χ4v) is 2.50. The van der Waals surface area contributed by atoms with Gasteiger partial charge in [-0.05, 0) is 31.6 Å². The van der Waals surface area contributed by atoms with E-state index >= 15 is 0 Å². The van der Waals surface area contributed by atoms with E-state index in [0.29, 0.717) is 24.3 Å². The van der Waals surface area contributed by atoms with Gasteiger partial charge in [-0.25, -0.2) is 9.97 Å². The van der Waals surface area contributed by atoms with Crippen LogP contribution in [0, 0.1) is 5.92 Å². The van der Waals surface area contributed by atoms with Crippen molar-refractivity contribution in [2.45, 2.75) is 38.1 Å². The first kappa shape index (κ1) is 14.2. The first-order valence-corrected chi connectivity index (χ1v) is 6.63. The number of amidine groups is 1. The van der Waals surface area contributed by atoms with Crippen LogP contribution in [0.15, 0.2) is 23.9 Å². The zero-order valence-electron chi connectivity index (χ0n) is 11.4. The van der Waals surface area contributed by atoms with Gasteiger partial charge >= 0.3 is 0 Å². The van der Waals surface area contributed by atoms with Crippen LogP contribution in [0.5, 0.6) is 0 Å². The zero-order chi connectivity index (χ0) is 14.6. The van der Waals surface area contributed by atoms with E-state index in [-0.39, 0.29) is 11.7 Å². The van der Waals surface area contributed by atoms with Crippen LogP contribution >= 0.6 is 0 Å². The van der Waals surface area contributed by atoms with Crippen LogP contribution in [0.1, 0.15) is 43.0 Å². The predicted octanol–water partition coefficient (Wildman–Crippen LogP) is 0.902. The highest BCUT2D eigenvalue weighted by atomic mass is 16.4. The highest BCUT2D eigenvalue weighted by Crippen LogP contribution is 2.32. The van der Waals surface area contributed by atoms with Crippen molar-refractivity contribution in [2.24, 2.45) is 16.8 Å². The van der Waals surface area contributed by atoms with Gasteiger partial charge in [0.25, 0.3) is 5.91 Å². The van der Waals surface area contributed by atoms with E-state index in [0.717, 1.165) is 12.8 Å². The van der Waals surface area contributed by atoms with Crippen molar-refractivity contribution in [3.8, 4) is 0 Å². The fourth-order valence-electron chi connectivity index (χ4n) is 2.50. The molecular weight excluding hydrogens is 258 g/mol. The molecule has 20 heavy (non-hydrogen) atoms. The molecule has 0 saturated heterocycles. The molecule has 0 bridgehead atoms. The Bertz CT molecular complexity index is 495. The summed E-state index contributed by atoms with van der Waals surface area (Å²) in [6.07, 6.45) is 7.39. The van der Waals surface area contributed by atoms with Gasteiger partial charge in [0.1, 0.15) is 11.9 Å². The third-order valence-electron chi connectivity index (χ3n) is 3.90.